The van der Waals surface area contributed by atoms with Gasteiger partial charge in [0, 0.05) is 19.6 Å². The van der Waals surface area contributed by atoms with Gasteiger partial charge in [-0.2, -0.15) is 17.5 Å². The summed E-state index contributed by atoms with van der Waals surface area (Å²) in [5.74, 6) is -0.937. The van der Waals surface area contributed by atoms with Crippen molar-refractivity contribution >= 4 is 10.0 Å². The lowest BCUT2D eigenvalue weighted by molar-refractivity contribution is -0.188. The molecule has 0 aromatic rings. The van der Waals surface area contributed by atoms with Gasteiger partial charge in [0.1, 0.15) is 11.9 Å². The van der Waals surface area contributed by atoms with Crippen LogP contribution in [-0.2, 0) is 10.0 Å². The number of rotatable bonds is 6. The van der Waals surface area contributed by atoms with Crippen molar-refractivity contribution in [1.29, 1.82) is 0 Å². The minimum atomic E-state index is -4.48. The molecule has 0 N–H and O–H groups in total. The molecule has 0 bridgehead atoms. The van der Waals surface area contributed by atoms with Crippen LogP contribution in [0.2, 0.25) is 0 Å². The van der Waals surface area contributed by atoms with E-state index >= 15 is 0 Å². The first kappa shape index (κ1) is 19.9. The molecule has 1 heterocycles. The summed E-state index contributed by atoms with van der Waals surface area (Å²) in [6.07, 6.45) is 0.312. The lowest BCUT2D eigenvalue weighted by Gasteiger charge is -2.39. The normalized spacial score (nSPS) is 22.7. The summed E-state index contributed by atoms with van der Waals surface area (Å²) < 4.78 is 76.8. The Balaban J connectivity index is 2.66. The standard InChI is InChI=1S/C14H20F4N2O2S/c1-3-6-12(15)7-4-5-10-23(21,22)20-9-8-19(2)13(11-20)14(16,17)18/h3-4,6-7,13H,1,5,8-11H2,2H3/b7-4-,12-6+. The quantitative estimate of drug-likeness (QED) is 0.542. The summed E-state index contributed by atoms with van der Waals surface area (Å²) in [5.41, 5.74) is 0. The van der Waals surface area contributed by atoms with E-state index in [4.69, 9.17) is 0 Å². The van der Waals surface area contributed by atoms with E-state index < -0.39 is 34.6 Å². The lowest BCUT2D eigenvalue weighted by Crippen LogP contribution is -2.58. The Hall–Kier alpha value is -1.19. The van der Waals surface area contributed by atoms with Gasteiger partial charge in [-0.3, -0.25) is 4.90 Å². The number of sulfonamides is 1. The first-order valence-corrected chi connectivity index (χ1v) is 8.58. The maximum Gasteiger partial charge on any atom is 0.405 e. The van der Waals surface area contributed by atoms with Gasteiger partial charge in [-0.15, -0.1) is 0 Å². The number of likely N-dealkylation sites (N-methyl/N-ethyl adjacent to an activating group) is 1. The largest absolute Gasteiger partial charge is 0.405 e. The Morgan fingerprint density at radius 3 is 2.57 bits per heavy atom. The lowest BCUT2D eigenvalue weighted by atomic mass is 10.2. The molecule has 0 radical (unpaired) electrons. The van der Waals surface area contributed by atoms with Crippen LogP contribution < -0.4 is 0 Å². The van der Waals surface area contributed by atoms with Crippen molar-refractivity contribution < 1.29 is 26.0 Å². The van der Waals surface area contributed by atoms with Crippen molar-refractivity contribution in [3.63, 3.8) is 0 Å². The van der Waals surface area contributed by atoms with Crippen LogP contribution in [-0.4, -0.2) is 62.3 Å². The van der Waals surface area contributed by atoms with E-state index in [-0.39, 0.29) is 25.3 Å². The Morgan fingerprint density at radius 1 is 1.35 bits per heavy atom. The maximum absolute atomic E-state index is 13.0. The molecule has 4 nitrogen and oxygen atoms in total. The predicted octanol–water partition coefficient (Wildman–Crippen LogP) is 2.48. The molecule has 1 atom stereocenters. The minimum absolute atomic E-state index is 0.00987. The Kier molecular flexibility index (Phi) is 6.97. The summed E-state index contributed by atoms with van der Waals surface area (Å²) in [6, 6.07) is -1.81. The molecule has 1 fully saturated rings. The summed E-state index contributed by atoms with van der Waals surface area (Å²) in [6.45, 7) is 2.72. The van der Waals surface area contributed by atoms with Crippen molar-refractivity contribution in [3.05, 3.63) is 36.7 Å². The molecular weight excluding hydrogens is 336 g/mol. The molecule has 0 aliphatic carbocycles. The molecular formula is C14H20F4N2O2S. The second kappa shape index (κ2) is 8.07. The van der Waals surface area contributed by atoms with Gasteiger partial charge in [-0.25, -0.2) is 12.8 Å². The van der Waals surface area contributed by atoms with Crippen LogP contribution in [0.4, 0.5) is 17.6 Å². The number of alkyl halides is 3. The molecule has 1 saturated heterocycles. The fraction of sp³-hybridized carbons (Fsp3) is 0.571. The smallest absolute Gasteiger partial charge is 0.293 e. The highest BCUT2D eigenvalue weighted by Crippen LogP contribution is 2.28. The SMILES string of the molecule is C=C/C=C(F)\C=C/CCS(=O)(=O)N1CCN(C)C(C(F)(F)F)C1. The van der Waals surface area contributed by atoms with Crippen molar-refractivity contribution in [2.45, 2.75) is 18.6 Å². The van der Waals surface area contributed by atoms with Gasteiger partial charge in [0.05, 0.1) is 5.75 Å². The van der Waals surface area contributed by atoms with E-state index in [1.165, 1.54) is 19.2 Å². The van der Waals surface area contributed by atoms with Gasteiger partial charge in [-0.1, -0.05) is 18.7 Å². The third-order valence-corrected chi connectivity index (χ3v) is 5.35. The van der Waals surface area contributed by atoms with Crippen molar-refractivity contribution in [2.24, 2.45) is 0 Å². The molecule has 0 saturated carbocycles. The molecule has 0 aromatic heterocycles. The summed E-state index contributed by atoms with van der Waals surface area (Å²) in [5, 5.41) is 0. The second-order valence-corrected chi connectivity index (χ2v) is 7.28. The predicted molar refractivity (Wildman–Crippen MR) is 81.0 cm³/mol. The topological polar surface area (TPSA) is 40.6 Å². The molecule has 0 aromatic carbocycles. The van der Waals surface area contributed by atoms with Gasteiger partial charge in [0.2, 0.25) is 10.0 Å². The van der Waals surface area contributed by atoms with Gasteiger partial charge in [-0.05, 0) is 25.6 Å². The monoisotopic (exact) mass is 356 g/mol. The molecule has 1 aliphatic heterocycles. The molecule has 9 heteroatoms. The minimum Gasteiger partial charge on any atom is -0.293 e. The van der Waals surface area contributed by atoms with Gasteiger partial charge in [0.25, 0.3) is 0 Å². The summed E-state index contributed by atoms with van der Waals surface area (Å²) >= 11 is 0. The molecule has 23 heavy (non-hydrogen) atoms. The Bertz CT molecular complexity index is 570. The van der Waals surface area contributed by atoms with E-state index in [1.807, 2.05) is 0 Å². The number of halogens is 4. The Morgan fingerprint density at radius 2 is 2.00 bits per heavy atom. The second-order valence-electron chi connectivity index (χ2n) is 5.19. The fourth-order valence-electron chi connectivity index (χ4n) is 2.16. The van der Waals surface area contributed by atoms with Crippen molar-refractivity contribution in [3.8, 4) is 0 Å². The first-order chi connectivity index (χ1) is 10.6. The molecule has 1 aliphatic rings. The average Bonchev–Trinajstić information content (AvgIpc) is 2.43. The summed E-state index contributed by atoms with van der Waals surface area (Å²) in [7, 11) is -2.50. The highest BCUT2D eigenvalue weighted by atomic mass is 32.2. The number of hydrogen-bond donors (Lipinski definition) is 0. The highest BCUT2D eigenvalue weighted by molar-refractivity contribution is 7.89. The number of hydrogen-bond acceptors (Lipinski definition) is 3. The summed E-state index contributed by atoms with van der Waals surface area (Å²) in [4.78, 5) is 1.10. The molecule has 132 valence electrons. The fourth-order valence-corrected chi connectivity index (χ4v) is 3.59. The number of piperazine rings is 1. The van der Waals surface area contributed by atoms with Crippen molar-refractivity contribution in [1.82, 2.24) is 9.21 Å². The van der Waals surface area contributed by atoms with E-state index in [1.54, 1.807) is 0 Å². The third-order valence-electron chi connectivity index (χ3n) is 3.48. The van der Waals surface area contributed by atoms with Crippen LogP contribution in [0.15, 0.2) is 36.7 Å². The van der Waals surface area contributed by atoms with E-state index in [0.29, 0.717) is 0 Å². The molecule has 0 spiro atoms. The van der Waals surface area contributed by atoms with Crippen LogP contribution in [0, 0.1) is 0 Å². The van der Waals surface area contributed by atoms with E-state index in [2.05, 4.69) is 6.58 Å². The highest BCUT2D eigenvalue weighted by Gasteiger charge is 2.46. The Labute approximate surface area is 133 Å². The van der Waals surface area contributed by atoms with Gasteiger partial charge >= 0.3 is 6.18 Å². The zero-order chi connectivity index (χ0) is 17.7. The molecule has 0 amide bonds. The van der Waals surface area contributed by atoms with E-state index in [9.17, 15) is 26.0 Å². The van der Waals surface area contributed by atoms with Crippen molar-refractivity contribution in [2.75, 3.05) is 32.4 Å². The molecule has 1 unspecified atom stereocenters. The van der Waals surface area contributed by atoms with E-state index in [0.717, 1.165) is 21.4 Å². The van der Waals surface area contributed by atoms with Crippen LogP contribution in [0.3, 0.4) is 0 Å². The van der Waals surface area contributed by atoms with Gasteiger partial charge in [0.15, 0.2) is 0 Å². The average molecular weight is 356 g/mol. The van der Waals surface area contributed by atoms with Crippen LogP contribution in [0.25, 0.3) is 0 Å². The van der Waals surface area contributed by atoms with Gasteiger partial charge < -0.3 is 0 Å². The molecule has 1 rings (SSSR count). The number of allylic oxidation sites excluding steroid dienone is 5. The number of nitrogens with zero attached hydrogens (tertiary/aromatic N) is 2. The maximum atomic E-state index is 13.0. The third kappa shape index (κ3) is 6.08. The zero-order valence-electron chi connectivity index (χ0n) is 12.8. The first-order valence-electron chi connectivity index (χ1n) is 6.97. The van der Waals surface area contributed by atoms with Crippen LogP contribution >= 0.6 is 0 Å². The van der Waals surface area contributed by atoms with Crippen LogP contribution in [0.5, 0.6) is 0 Å². The van der Waals surface area contributed by atoms with Crippen LogP contribution in [0.1, 0.15) is 6.42 Å². The zero-order valence-corrected chi connectivity index (χ0v) is 13.6.